The average molecular weight is 205 g/mol. The van der Waals surface area contributed by atoms with Gasteiger partial charge in [-0.1, -0.05) is 0 Å². The summed E-state index contributed by atoms with van der Waals surface area (Å²) < 4.78 is 4.56. The highest BCUT2D eigenvalue weighted by Crippen LogP contribution is 1.95. The minimum absolute atomic E-state index is 0.268. The van der Waals surface area contributed by atoms with Crippen LogP contribution in [0.4, 0.5) is 0 Å². The smallest absolute Gasteiger partial charge is 0.335 e. The monoisotopic (exact) mass is 205 g/mol. The number of hydrogen-bond donors (Lipinski definition) is 1. The molecule has 4 heteroatoms. The predicted molar refractivity (Wildman–Crippen MR) is 55.4 cm³/mol. The number of hydrogen-bond acceptors (Lipinski definition) is 3. The fraction of sp³-hybridized carbons (Fsp3) is 0.273. The van der Waals surface area contributed by atoms with E-state index >= 15 is 0 Å². The van der Waals surface area contributed by atoms with Crippen LogP contribution in [0.1, 0.15) is 23.2 Å². The minimum Gasteiger partial charge on any atom is -0.430 e. The zero-order chi connectivity index (χ0) is 11.1. The van der Waals surface area contributed by atoms with E-state index in [-0.39, 0.29) is 5.91 Å². The molecular formula is C11H11NO3. The summed E-state index contributed by atoms with van der Waals surface area (Å²) >= 11 is 0. The molecular weight excluding hydrogens is 194 g/mol. The highest BCUT2D eigenvalue weighted by atomic mass is 16.4. The zero-order valence-electron chi connectivity index (χ0n) is 8.16. The van der Waals surface area contributed by atoms with Gasteiger partial charge in [0.15, 0.2) is 0 Å². The van der Waals surface area contributed by atoms with Crippen molar-refractivity contribution in [3.63, 3.8) is 0 Å². The molecule has 0 aliphatic carbocycles. The lowest BCUT2D eigenvalue weighted by molar-refractivity contribution is 0.0951. The van der Waals surface area contributed by atoms with Crippen LogP contribution in [0.5, 0.6) is 0 Å². The third kappa shape index (κ3) is 3.69. The summed E-state index contributed by atoms with van der Waals surface area (Å²) in [4.78, 5) is 22.0. The second kappa shape index (κ2) is 5.66. The first-order valence-corrected chi connectivity index (χ1v) is 4.54. The average Bonchev–Trinajstić information content (AvgIpc) is 2.25. The van der Waals surface area contributed by atoms with Gasteiger partial charge in [0.2, 0.25) is 0 Å². The van der Waals surface area contributed by atoms with E-state index in [9.17, 15) is 9.59 Å². The Morgan fingerprint density at radius 3 is 2.93 bits per heavy atom. The van der Waals surface area contributed by atoms with Crippen molar-refractivity contribution in [2.24, 2.45) is 0 Å². The van der Waals surface area contributed by atoms with Gasteiger partial charge < -0.3 is 9.73 Å². The van der Waals surface area contributed by atoms with Gasteiger partial charge in [-0.25, -0.2) is 4.79 Å². The Morgan fingerprint density at radius 1 is 1.53 bits per heavy atom. The first-order valence-electron chi connectivity index (χ1n) is 4.54. The van der Waals surface area contributed by atoms with Crippen molar-refractivity contribution in [2.75, 3.05) is 6.54 Å². The maximum absolute atomic E-state index is 11.4. The van der Waals surface area contributed by atoms with E-state index in [4.69, 9.17) is 6.42 Å². The number of amides is 1. The predicted octanol–water partition coefficient (Wildman–Crippen LogP) is 0.783. The van der Waals surface area contributed by atoms with Crippen LogP contribution >= 0.6 is 0 Å². The molecule has 0 saturated carbocycles. The lowest BCUT2D eigenvalue weighted by atomic mass is 10.2. The lowest BCUT2D eigenvalue weighted by Gasteiger charge is -2.02. The van der Waals surface area contributed by atoms with Gasteiger partial charge in [-0.15, -0.1) is 12.3 Å². The Bertz CT molecular complexity index is 408. The van der Waals surface area contributed by atoms with E-state index in [2.05, 4.69) is 15.7 Å². The third-order valence-electron chi connectivity index (χ3n) is 1.75. The first kappa shape index (κ1) is 11.1. The van der Waals surface area contributed by atoms with Crippen molar-refractivity contribution in [1.82, 2.24) is 5.32 Å². The summed E-state index contributed by atoms with van der Waals surface area (Å²) in [6.45, 7) is 0.516. The van der Waals surface area contributed by atoms with Crippen LogP contribution in [0.3, 0.4) is 0 Å². The topological polar surface area (TPSA) is 59.3 Å². The zero-order valence-corrected chi connectivity index (χ0v) is 8.16. The molecule has 1 amide bonds. The molecule has 0 atom stereocenters. The van der Waals surface area contributed by atoms with Crippen LogP contribution < -0.4 is 10.9 Å². The molecule has 0 bridgehead atoms. The molecule has 0 fully saturated rings. The van der Waals surface area contributed by atoms with E-state index in [1.165, 1.54) is 12.1 Å². The molecule has 0 saturated heterocycles. The van der Waals surface area contributed by atoms with Gasteiger partial charge in [0.05, 0.1) is 5.56 Å². The third-order valence-corrected chi connectivity index (χ3v) is 1.75. The summed E-state index contributed by atoms with van der Waals surface area (Å²) in [6.07, 6.45) is 7.56. The van der Waals surface area contributed by atoms with E-state index in [0.717, 1.165) is 12.7 Å². The largest absolute Gasteiger partial charge is 0.430 e. The van der Waals surface area contributed by atoms with Gasteiger partial charge in [0.25, 0.3) is 5.91 Å². The van der Waals surface area contributed by atoms with Crippen molar-refractivity contribution < 1.29 is 9.21 Å². The van der Waals surface area contributed by atoms with Crippen LogP contribution in [0, 0.1) is 12.3 Å². The number of terminal acetylenes is 1. The Kier molecular flexibility index (Phi) is 4.17. The second-order valence-corrected chi connectivity index (χ2v) is 2.91. The Morgan fingerprint density at radius 2 is 2.33 bits per heavy atom. The van der Waals surface area contributed by atoms with E-state index < -0.39 is 5.63 Å². The number of rotatable bonds is 4. The summed E-state index contributed by atoms with van der Waals surface area (Å²) in [6, 6.07) is 2.62. The molecule has 0 unspecified atom stereocenters. The molecule has 78 valence electrons. The maximum atomic E-state index is 11.4. The van der Waals surface area contributed by atoms with Crippen LogP contribution in [0.25, 0.3) is 0 Å². The molecule has 0 spiro atoms. The molecule has 15 heavy (non-hydrogen) atoms. The highest BCUT2D eigenvalue weighted by Gasteiger charge is 2.04. The van der Waals surface area contributed by atoms with Gasteiger partial charge in [-0.05, 0) is 12.5 Å². The number of unbranched alkanes of at least 4 members (excludes halogenated alkanes) is 1. The van der Waals surface area contributed by atoms with Gasteiger partial charge in [-0.2, -0.15) is 0 Å². The summed E-state index contributed by atoms with van der Waals surface area (Å²) in [5.41, 5.74) is -0.144. The highest BCUT2D eigenvalue weighted by molar-refractivity contribution is 5.93. The molecule has 4 nitrogen and oxygen atoms in total. The lowest BCUT2D eigenvalue weighted by Crippen LogP contribution is -2.24. The van der Waals surface area contributed by atoms with Gasteiger partial charge in [-0.3, -0.25) is 4.79 Å². The molecule has 1 N–H and O–H groups in total. The van der Waals surface area contributed by atoms with Crippen molar-refractivity contribution in [2.45, 2.75) is 12.8 Å². The van der Waals surface area contributed by atoms with Crippen molar-refractivity contribution >= 4 is 5.91 Å². The normalized spacial score (nSPS) is 9.27. The fourth-order valence-corrected chi connectivity index (χ4v) is 0.982. The van der Waals surface area contributed by atoms with Gasteiger partial charge in [0.1, 0.15) is 6.26 Å². The van der Waals surface area contributed by atoms with Crippen molar-refractivity contribution in [3.05, 3.63) is 34.4 Å². The quantitative estimate of drug-likeness (QED) is 0.583. The molecule has 0 aromatic carbocycles. The number of carbonyl (C=O) groups excluding carboxylic acids is 1. The van der Waals surface area contributed by atoms with Crippen LogP contribution in [0.2, 0.25) is 0 Å². The molecule has 0 aliphatic heterocycles. The maximum Gasteiger partial charge on any atom is 0.335 e. The van der Waals surface area contributed by atoms with Gasteiger partial charge in [0, 0.05) is 19.0 Å². The number of nitrogens with one attached hydrogen (secondary N) is 1. The molecule has 1 rings (SSSR count). The standard InChI is InChI=1S/C11H11NO3/c1-2-3-4-7-12-11(14)9-5-6-10(13)15-8-9/h1,5-6,8H,3-4,7H2,(H,12,14). The van der Waals surface area contributed by atoms with Crippen LogP contribution in [0.15, 0.2) is 27.6 Å². The fourth-order valence-electron chi connectivity index (χ4n) is 0.982. The van der Waals surface area contributed by atoms with Crippen LogP contribution in [-0.2, 0) is 0 Å². The molecule has 1 aromatic rings. The Labute approximate surface area is 87.3 Å². The van der Waals surface area contributed by atoms with Crippen molar-refractivity contribution in [1.29, 1.82) is 0 Å². The first-order chi connectivity index (χ1) is 7.24. The summed E-state index contributed by atoms with van der Waals surface area (Å²) in [5, 5.41) is 2.66. The summed E-state index contributed by atoms with van der Waals surface area (Å²) in [7, 11) is 0. The van der Waals surface area contributed by atoms with E-state index in [0.29, 0.717) is 18.5 Å². The number of carbonyl (C=O) groups is 1. The molecule has 1 heterocycles. The molecule has 1 aromatic heterocycles. The SMILES string of the molecule is C#CCCCNC(=O)c1ccc(=O)oc1. The van der Waals surface area contributed by atoms with Crippen molar-refractivity contribution in [3.8, 4) is 12.3 Å². The molecule has 0 radical (unpaired) electrons. The Hall–Kier alpha value is -2.02. The van der Waals surface area contributed by atoms with Gasteiger partial charge >= 0.3 is 5.63 Å². The molecule has 0 aliphatic rings. The minimum atomic E-state index is -0.473. The van der Waals surface area contributed by atoms with E-state index in [1.54, 1.807) is 0 Å². The van der Waals surface area contributed by atoms with E-state index in [1.807, 2.05) is 0 Å². The van der Waals surface area contributed by atoms with Crippen LogP contribution in [-0.4, -0.2) is 12.5 Å². The Balaban J connectivity index is 2.44. The second-order valence-electron chi connectivity index (χ2n) is 2.91. The summed E-state index contributed by atoms with van der Waals surface area (Å²) in [5.74, 6) is 2.21.